The molecule has 2 atom stereocenters. The number of hydrogen-bond donors (Lipinski definition) is 3. The van der Waals surface area contributed by atoms with E-state index in [0.717, 1.165) is 0 Å². The summed E-state index contributed by atoms with van der Waals surface area (Å²) >= 11 is 0. The number of nitrogens with two attached hydrogens (primary N) is 1. The molecule has 0 fully saturated rings. The van der Waals surface area contributed by atoms with Crippen LogP contribution in [0.15, 0.2) is 4.52 Å². The van der Waals surface area contributed by atoms with Crippen molar-refractivity contribution in [3.8, 4) is 0 Å². The van der Waals surface area contributed by atoms with Crippen LogP contribution in [-0.2, 0) is 6.42 Å². The van der Waals surface area contributed by atoms with Crippen LogP contribution in [0.2, 0.25) is 0 Å². The smallest absolute Gasteiger partial charge is 0.246 e. The molecule has 0 aromatic carbocycles. The fraction of sp³-hybridized carbons (Fsp3) is 0.714. The van der Waals surface area contributed by atoms with Gasteiger partial charge in [0.15, 0.2) is 5.82 Å². The van der Waals surface area contributed by atoms with Crippen molar-refractivity contribution in [3.05, 3.63) is 11.7 Å². The average Bonchev–Trinajstić information content (AvgIpc) is 2.52. The summed E-state index contributed by atoms with van der Waals surface area (Å²) in [6.07, 6.45) is -0.404. The molecule has 6 nitrogen and oxygen atoms in total. The van der Waals surface area contributed by atoms with Crippen molar-refractivity contribution >= 4 is 0 Å². The molecule has 0 bridgehead atoms. The van der Waals surface area contributed by atoms with E-state index in [0.29, 0.717) is 12.2 Å². The molecule has 0 saturated heterocycles. The van der Waals surface area contributed by atoms with Crippen molar-refractivity contribution in [1.82, 2.24) is 10.1 Å². The third-order valence-corrected chi connectivity index (χ3v) is 1.62. The fourth-order valence-electron chi connectivity index (χ4n) is 0.811. The zero-order valence-electron chi connectivity index (χ0n) is 7.34. The molecule has 1 aromatic heterocycles. The molecule has 0 saturated carbocycles. The van der Waals surface area contributed by atoms with E-state index < -0.39 is 12.1 Å². The maximum Gasteiger partial charge on any atom is 0.246 e. The normalized spacial score (nSPS) is 15.7. The van der Waals surface area contributed by atoms with Crippen LogP contribution in [0.5, 0.6) is 0 Å². The molecule has 1 aromatic rings. The predicted octanol–water partition coefficient (Wildman–Crippen LogP) is -1.01. The summed E-state index contributed by atoms with van der Waals surface area (Å²) < 4.78 is 4.78. The first kappa shape index (κ1) is 10.1. The van der Waals surface area contributed by atoms with Crippen LogP contribution in [0.25, 0.3) is 0 Å². The number of aliphatic hydroxyl groups excluding tert-OH is 2. The maximum atomic E-state index is 9.11. The molecule has 6 heteroatoms. The first-order chi connectivity index (χ1) is 6.15. The summed E-state index contributed by atoms with van der Waals surface area (Å²) in [5, 5.41) is 21.3. The minimum atomic E-state index is -0.734. The van der Waals surface area contributed by atoms with Gasteiger partial charge in [-0.15, -0.1) is 0 Å². The lowest BCUT2D eigenvalue weighted by molar-refractivity contribution is 0.146. The predicted molar refractivity (Wildman–Crippen MR) is 43.7 cm³/mol. The van der Waals surface area contributed by atoms with E-state index in [2.05, 4.69) is 10.1 Å². The second-order valence-electron chi connectivity index (χ2n) is 2.79. The summed E-state index contributed by atoms with van der Waals surface area (Å²) in [4.78, 5) is 3.90. The van der Waals surface area contributed by atoms with Gasteiger partial charge >= 0.3 is 0 Å². The van der Waals surface area contributed by atoms with Gasteiger partial charge in [-0.25, -0.2) is 0 Å². The minimum Gasteiger partial charge on any atom is -0.396 e. The van der Waals surface area contributed by atoms with E-state index in [9.17, 15) is 0 Å². The summed E-state index contributed by atoms with van der Waals surface area (Å²) in [5.74, 6) is 0.590. The zero-order chi connectivity index (χ0) is 9.84. The number of hydrogen-bond acceptors (Lipinski definition) is 6. The molecular weight excluding hydrogens is 174 g/mol. The first-order valence-electron chi connectivity index (χ1n) is 4.02. The van der Waals surface area contributed by atoms with Gasteiger partial charge in [-0.1, -0.05) is 5.16 Å². The van der Waals surface area contributed by atoms with Crippen molar-refractivity contribution in [2.75, 3.05) is 6.61 Å². The van der Waals surface area contributed by atoms with Crippen LogP contribution >= 0.6 is 0 Å². The summed E-state index contributed by atoms with van der Waals surface area (Å²) in [6.45, 7) is 1.50. The summed E-state index contributed by atoms with van der Waals surface area (Å²) in [6, 6.07) is -0.667. The van der Waals surface area contributed by atoms with Gasteiger partial charge in [-0.2, -0.15) is 4.98 Å². The third-order valence-electron chi connectivity index (χ3n) is 1.62. The van der Waals surface area contributed by atoms with Gasteiger partial charge in [0, 0.05) is 6.42 Å². The van der Waals surface area contributed by atoms with Crippen molar-refractivity contribution in [3.63, 3.8) is 0 Å². The first-order valence-corrected chi connectivity index (χ1v) is 4.02. The van der Waals surface area contributed by atoms with Crippen molar-refractivity contribution in [2.24, 2.45) is 5.73 Å². The molecule has 0 spiro atoms. The molecule has 0 amide bonds. The van der Waals surface area contributed by atoms with Crippen LogP contribution < -0.4 is 5.73 Å². The van der Waals surface area contributed by atoms with Crippen LogP contribution in [0.3, 0.4) is 0 Å². The Labute approximate surface area is 75.4 Å². The van der Waals surface area contributed by atoms with Crippen molar-refractivity contribution in [2.45, 2.75) is 25.5 Å². The van der Waals surface area contributed by atoms with Gasteiger partial charge in [0.2, 0.25) is 5.89 Å². The topological polar surface area (TPSA) is 105 Å². The molecule has 0 aliphatic heterocycles. The maximum absolute atomic E-state index is 9.11. The SMILES string of the molecule is C[C@@H](O)[C@H](N)c1nc(CCO)no1. The lowest BCUT2D eigenvalue weighted by atomic mass is 10.2. The Kier molecular flexibility index (Phi) is 3.35. The van der Waals surface area contributed by atoms with Gasteiger partial charge in [0.25, 0.3) is 0 Å². The Balaban J connectivity index is 2.67. The van der Waals surface area contributed by atoms with Crippen LogP contribution in [0.1, 0.15) is 24.7 Å². The molecule has 4 N–H and O–H groups in total. The highest BCUT2D eigenvalue weighted by Crippen LogP contribution is 2.11. The number of nitrogens with zero attached hydrogens (tertiary/aromatic N) is 2. The molecular formula is C7H13N3O3. The molecule has 0 aliphatic carbocycles. The largest absolute Gasteiger partial charge is 0.396 e. The lowest BCUT2D eigenvalue weighted by Gasteiger charge is -2.08. The van der Waals surface area contributed by atoms with Gasteiger partial charge in [-0.05, 0) is 6.92 Å². The molecule has 1 heterocycles. The Hall–Kier alpha value is -0.980. The van der Waals surface area contributed by atoms with E-state index in [1.54, 1.807) is 6.92 Å². The van der Waals surface area contributed by atoms with E-state index in [-0.39, 0.29) is 12.5 Å². The van der Waals surface area contributed by atoms with E-state index >= 15 is 0 Å². The van der Waals surface area contributed by atoms with Gasteiger partial charge in [-0.3, -0.25) is 0 Å². The molecule has 0 aliphatic rings. The number of rotatable bonds is 4. The summed E-state index contributed by atoms with van der Waals surface area (Å²) in [5.41, 5.74) is 5.54. The average molecular weight is 187 g/mol. The molecule has 13 heavy (non-hydrogen) atoms. The highest BCUT2D eigenvalue weighted by molar-refractivity contribution is 4.93. The van der Waals surface area contributed by atoms with Gasteiger partial charge in [0.05, 0.1) is 12.7 Å². The number of aliphatic hydroxyl groups is 2. The highest BCUT2D eigenvalue weighted by atomic mass is 16.5. The Bertz CT molecular complexity index is 261. The monoisotopic (exact) mass is 187 g/mol. The Morgan fingerprint density at radius 3 is 2.85 bits per heavy atom. The lowest BCUT2D eigenvalue weighted by Crippen LogP contribution is -2.23. The van der Waals surface area contributed by atoms with E-state index in [1.807, 2.05) is 0 Å². The molecule has 0 radical (unpaired) electrons. The zero-order valence-corrected chi connectivity index (χ0v) is 7.34. The fourth-order valence-corrected chi connectivity index (χ4v) is 0.811. The van der Waals surface area contributed by atoms with Crippen molar-refractivity contribution < 1.29 is 14.7 Å². The van der Waals surface area contributed by atoms with Crippen LogP contribution in [-0.4, -0.2) is 33.1 Å². The second-order valence-corrected chi connectivity index (χ2v) is 2.79. The number of aromatic nitrogens is 2. The Morgan fingerprint density at radius 1 is 1.62 bits per heavy atom. The van der Waals surface area contributed by atoms with E-state index in [1.165, 1.54) is 0 Å². The molecule has 74 valence electrons. The molecule has 1 rings (SSSR count). The van der Waals surface area contributed by atoms with Gasteiger partial charge in [0.1, 0.15) is 6.04 Å². The Morgan fingerprint density at radius 2 is 2.31 bits per heavy atom. The molecule has 0 unspecified atom stereocenters. The van der Waals surface area contributed by atoms with Gasteiger partial charge < -0.3 is 20.5 Å². The van der Waals surface area contributed by atoms with Crippen LogP contribution in [0, 0.1) is 0 Å². The van der Waals surface area contributed by atoms with Crippen LogP contribution in [0.4, 0.5) is 0 Å². The minimum absolute atomic E-state index is 0.0388. The summed E-state index contributed by atoms with van der Waals surface area (Å²) in [7, 11) is 0. The van der Waals surface area contributed by atoms with Crippen molar-refractivity contribution in [1.29, 1.82) is 0 Å². The standard InChI is InChI=1S/C7H13N3O3/c1-4(12)6(8)7-9-5(2-3-11)10-13-7/h4,6,11-12H,2-3,8H2,1H3/t4-,6+/m1/s1. The second kappa shape index (κ2) is 4.31. The van der Waals surface area contributed by atoms with E-state index in [4.69, 9.17) is 20.5 Å². The third kappa shape index (κ3) is 2.48. The quantitative estimate of drug-likeness (QED) is 0.557. The highest BCUT2D eigenvalue weighted by Gasteiger charge is 2.18.